The van der Waals surface area contributed by atoms with Crippen molar-refractivity contribution >= 4 is 10.0 Å². The minimum Gasteiger partial charge on any atom is -0.384 e. The number of sulfonamides is 1. The van der Waals surface area contributed by atoms with Crippen LogP contribution in [0.4, 0.5) is 8.78 Å². The number of rotatable bonds is 3. The minimum atomic E-state index is -4.15. The Hall–Kier alpha value is -1.49. The van der Waals surface area contributed by atoms with E-state index >= 15 is 0 Å². The maximum Gasteiger partial charge on any atom is 0.245 e. The topological polar surface area (TPSA) is 66.4 Å². The van der Waals surface area contributed by atoms with Crippen molar-refractivity contribution in [2.24, 2.45) is 5.41 Å². The molecule has 1 unspecified atom stereocenters. The fourth-order valence-electron chi connectivity index (χ4n) is 1.98. The number of benzene rings is 1. The Morgan fingerprint density at radius 1 is 1.43 bits per heavy atom. The quantitative estimate of drug-likeness (QED) is 0.828. The molecule has 0 spiro atoms. The molecule has 1 aliphatic carbocycles. The third-order valence-corrected chi connectivity index (χ3v) is 4.94. The van der Waals surface area contributed by atoms with E-state index in [-0.39, 0.29) is 17.0 Å². The van der Waals surface area contributed by atoms with Gasteiger partial charge in [0.25, 0.3) is 0 Å². The lowest BCUT2D eigenvalue weighted by Crippen LogP contribution is -2.30. The van der Waals surface area contributed by atoms with E-state index in [1.807, 2.05) is 13.8 Å². The highest BCUT2D eigenvalue weighted by molar-refractivity contribution is 7.89. The molecule has 0 saturated heterocycles. The van der Waals surface area contributed by atoms with E-state index in [1.165, 1.54) is 0 Å². The van der Waals surface area contributed by atoms with E-state index in [1.54, 1.807) is 0 Å². The van der Waals surface area contributed by atoms with Gasteiger partial charge in [-0.1, -0.05) is 25.7 Å². The smallest absolute Gasteiger partial charge is 0.245 e. The molecule has 0 aromatic heterocycles. The van der Waals surface area contributed by atoms with Crippen molar-refractivity contribution in [1.82, 2.24) is 4.72 Å². The Morgan fingerprint density at radius 3 is 2.57 bits per heavy atom. The van der Waals surface area contributed by atoms with Crippen LogP contribution in [0.15, 0.2) is 17.0 Å². The van der Waals surface area contributed by atoms with Crippen LogP contribution < -0.4 is 4.72 Å². The molecule has 114 valence electrons. The van der Waals surface area contributed by atoms with Crippen LogP contribution in [0, 0.1) is 28.9 Å². The molecule has 2 rings (SSSR count). The van der Waals surface area contributed by atoms with E-state index in [0.29, 0.717) is 12.5 Å². The predicted molar refractivity (Wildman–Crippen MR) is 72.8 cm³/mol. The van der Waals surface area contributed by atoms with Crippen molar-refractivity contribution in [2.45, 2.75) is 31.2 Å². The van der Waals surface area contributed by atoms with Gasteiger partial charge >= 0.3 is 0 Å². The van der Waals surface area contributed by atoms with Crippen LogP contribution in [-0.2, 0) is 10.0 Å². The monoisotopic (exact) mass is 315 g/mol. The number of halogens is 2. The summed E-state index contributed by atoms with van der Waals surface area (Å²) in [6, 6.07) is 1.04. The van der Waals surface area contributed by atoms with Gasteiger partial charge in [-0.25, -0.2) is 21.9 Å². The molecular weight excluding hydrogens is 300 g/mol. The van der Waals surface area contributed by atoms with E-state index in [4.69, 9.17) is 5.11 Å². The van der Waals surface area contributed by atoms with Gasteiger partial charge in [0, 0.05) is 12.1 Å². The number of aliphatic hydroxyl groups excluding tert-OH is 1. The summed E-state index contributed by atoms with van der Waals surface area (Å²) in [5.41, 5.74) is -0.493. The van der Waals surface area contributed by atoms with Crippen molar-refractivity contribution in [2.75, 3.05) is 6.61 Å². The fourth-order valence-corrected chi connectivity index (χ4v) is 3.59. The van der Waals surface area contributed by atoms with Gasteiger partial charge in [-0.15, -0.1) is 0 Å². The minimum absolute atomic E-state index is 0.180. The Morgan fingerprint density at radius 2 is 2.05 bits per heavy atom. The molecule has 0 aliphatic heterocycles. The second-order valence-electron chi connectivity index (χ2n) is 5.59. The molecule has 2 N–H and O–H groups in total. The standard InChI is InChI=1S/C14H15F2NO3S/c1-14(2)8-12(14)17-21(19,20)13-9(4-3-5-18)6-10(15)7-11(13)16/h6-7,12,17-18H,5,8H2,1-2H3. The summed E-state index contributed by atoms with van der Waals surface area (Å²) in [4.78, 5) is -0.687. The highest BCUT2D eigenvalue weighted by Gasteiger charge is 2.48. The molecule has 1 aromatic carbocycles. The van der Waals surface area contributed by atoms with Gasteiger partial charge in [0.1, 0.15) is 23.1 Å². The first-order valence-corrected chi connectivity index (χ1v) is 7.77. The average molecular weight is 315 g/mol. The highest BCUT2D eigenvalue weighted by atomic mass is 32.2. The summed E-state index contributed by atoms with van der Waals surface area (Å²) < 4.78 is 54.1. The van der Waals surface area contributed by atoms with Crippen molar-refractivity contribution in [3.05, 3.63) is 29.3 Å². The van der Waals surface area contributed by atoms with E-state index in [0.717, 1.165) is 6.07 Å². The largest absolute Gasteiger partial charge is 0.384 e. The summed E-state index contributed by atoms with van der Waals surface area (Å²) in [5.74, 6) is 2.33. The van der Waals surface area contributed by atoms with Crippen LogP contribution in [0.2, 0.25) is 0 Å². The van der Waals surface area contributed by atoms with E-state index < -0.39 is 33.2 Å². The molecule has 0 amide bonds. The van der Waals surface area contributed by atoms with Crippen molar-refractivity contribution in [3.63, 3.8) is 0 Å². The number of hydrogen-bond donors (Lipinski definition) is 2. The lowest BCUT2D eigenvalue weighted by molar-refractivity contribution is 0.350. The van der Waals surface area contributed by atoms with Gasteiger partial charge < -0.3 is 5.11 Å². The van der Waals surface area contributed by atoms with Gasteiger partial charge in [0.2, 0.25) is 10.0 Å². The molecule has 0 heterocycles. The molecule has 1 fully saturated rings. The van der Waals surface area contributed by atoms with Crippen molar-refractivity contribution < 1.29 is 22.3 Å². The normalized spacial score (nSPS) is 19.8. The molecular formula is C14H15F2NO3S. The third-order valence-electron chi connectivity index (χ3n) is 3.39. The zero-order valence-corrected chi connectivity index (χ0v) is 12.4. The van der Waals surface area contributed by atoms with Crippen molar-refractivity contribution in [3.8, 4) is 11.8 Å². The van der Waals surface area contributed by atoms with Crippen LogP contribution in [-0.4, -0.2) is 26.2 Å². The molecule has 1 saturated carbocycles. The predicted octanol–water partition coefficient (Wildman–Crippen LogP) is 1.39. The van der Waals surface area contributed by atoms with E-state index in [2.05, 4.69) is 16.6 Å². The van der Waals surface area contributed by atoms with Crippen LogP contribution in [0.3, 0.4) is 0 Å². The Balaban J connectivity index is 2.47. The van der Waals surface area contributed by atoms with Crippen LogP contribution in [0.5, 0.6) is 0 Å². The molecule has 0 radical (unpaired) electrons. The van der Waals surface area contributed by atoms with Gasteiger partial charge in [-0.05, 0) is 17.9 Å². The van der Waals surface area contributed by atoms with E-state index in [9.17, 15) is 17.2 Å². The summed E-state index contributed by atoms with van der Waals surface area (Å²) >= 11 is 0. The zero-order chi connectivity index (χ0) is 15.8. The first-order valence-electron chi connectivity index (χ1n) is 6.28. The van der Waals surface area contributed by atoms with Gasteiger partial charge in [0.15, 0.2) is 0 Å². The third kappa shape index (κ3) is 3.40. The number of aliphatic hydroxyl groups is 1. The van der Waals surface area contributed by atoms with Crippen LogP contribution in [0.1, 0.15) is 25.8 Å². The number of hydrogen-bond acceptors (Lipinski definition) is 3. The molecule has 1 aliphatic rings. The number of nitrogens with one attached hydrogen (secondary N) is 1. The summed E-state index contributed by atoms with van der Waals surface area (Å²) in [6.45, 7) is 3.22. The van der Waals surface area contributed by atoms with Crippen LogP contribution >= 0.6 is 0 Å². The molecule has 21 heavy (non-hydrogen) atoms. The SMILES string of the molecule is CC1(C)CC1NS(=O)(=O)c1c(F)cc(F)cc1C#CCO. The highest BCUT2D eigenvalue weighted by Crippen LogP contribution is 2.45. The Bertz CT molecular complexity index is 733. The van der Waals surface area contributed by atoms with Crippen LogP contribution in [0.25, 0.3) is 0 Å². The zero-order valence-electron chi connectivity index (χ0n) is 11.6. The first kappa shape index (κ1) is 15.9. The van der Waals surface area contributed by atoms with Gasteiger partial charge in [0.05, 0.1) is 5.56 Å². The molecule has 1 aromatic rings. The maximum atomic E-state index is 13.9. The average Bonchev–Trinajstić information content (AvgIpc) is 2.91. The van der Waals surface area contributed by atoms with Gasteiger partial charge in [-0.2, -0.15) is 0 Å². The Kier molecular flexibility index (Phi) is 4.06. The summed E-state index contributed by atoms with van der Waals surface area (Å²) in [6.07, 6.45) is 0.646. The maximum absolute atomic E-state index is 13.9. The lowest BCUT2D eigenvalue weighted by Gasteiger charge is -2.11. The second kappa shape index (κ2) is 5.37. The fraction of sp³-hybridized carbons (Fsp3) is 0.429. The second-order valence-corrected chi connectivity index (χ2v) is 7.24. The molecule has 7 heteroatoms. The molecule has 1 atom stereocenters. The molecule has 0 bridgehead atoms. The van der Waals surface area contributed by atoms with Gasteiger partial charge in [-0.3, -0.25) is 0 Å². The Labute approximate surface area is 122 Å². The lowest BCUT2D eigenvalue weighted by atomic mass is 10.2. The molecule has 4 nitrogen and oxygen atoms in total. The summed E-state index contributed by atoms with van der Waals surface area (Å²) in [7, 11) is -4.15. The summed E-state index contributed by atoms with van der Waals surface area (Å²) in [5, 5.41) is 8.66. The first-order chi connectivity index (χ1) is 9.67. The van der Waals surface area contributed by atoms with Crippen molar-refractivity contribution in [1.29, 1.82) is 0 Å².